The van der Waals surface area contributed by atoms with Crippen LogP contribution in [-0.4, -0.2) is 34.0 Å². The summed E-state index contributed by atoms with van der Waals surface area (Å²) in [4.78, 5) is 19.0. The van der Waals surface area contributed by atoms with Gasteiger partial charge in [-0.1, -0.05) is 11.2 Å². The van der Waals surface area contributed by atoms with Crippen LogP contribution in [0.1, 0.15) is 40.3 Å². The van der Waals surface area contributed by atoms with Crippen molar-refractivity contribution in [2.45, 2.75) is 33.1 Å². The molecule has 5 heteroatoms. The van der Waals surface area contributed by atoms with Gasteiger partial charge < -0.3 is 9.42 Å². The standard InChI is InChI=1S/C17H21N3O2/c1-12-16(13(2)22-19-12)17(21)20-9-5-6-14(11-20)10-15-7-3-4-8-18-15/h3-4,7-8,14H,5-6,9-11H2,1-2H3. The summed E-state index contributed by atoms with van der Waals surface area (Å²) in [6.07, 6.45) is 4.92. The highest BCUT2D eigenvalue weighted by atomic mass is 16.5. The molecule has 1 fully saturated rings. The minimum atomic E-state index is 0.0435. The highest BCUT2D eigenvalue weighted by Crippen LogP contribution is 2.23. The molecule has 0 aliphatic carbocycles. The Labute approximate surface area is 130 Å². The molecular weight excluding hydrogens is 278 g/mol. The summed E-state index contributed by atoms with van der Waals surface area (Å²) in [6.45, 7) is 5.20. The number of nitrogens with zero attached hydrogens (tertiary/aromatic N) is 3. The van der Waals surface area contributed by atoms with Crippen molar-refractivity contribution in [3.8, 4) is 0 Å². The first-order valence-corrected chi connectivity index (χ1v) is 7.77. The Bertz CT molecular complexity index is 632. The molecule has 2 aromatic rings. The third kappa shape index (κ3) is 3.03. The monoisotopic (exact) mass is 299 g/mol. The third-order valence-electron chi connectivity index (χ3n) is 4.28. The maximum Gasteiger partial charge on any atom is 0.259 e. The zero-order valence-electron chi connectivity index (χ0n) is 13.1. The van der Waals surface area contributed by atoms with E-state index >= 15 is 0 Å². The third-order valence-corrected chi connectivity index (χ3v) is 4.28. The van der Waals surface area contributed by atoms with E-state index in [2.05, 4.69) is 16.2 Å². The Morgan fingerprint density at radius 2 is 2.27 bits per heavy atom. The molecule has 1 aliphatic rings. The van der Waals surface area contributed by atoms with Crippen LogP contribution in [0.4, 0.5) is 0 Å². The van der Waals surface area contributed by atoms with Crippen molar-refractivity contribution in [2.24, 2.45) is 5.92 Å². The van der Waals surface area contributed by atoms with Gasteiger partial charge in [0.15, 0.2) is 0 Å². The fourth-order valence-electron chi connectivity index (χ4n) is 3.18. The molecule has 116 valence electrons. The predicted octanol–water partition coefficient (Wildman–Crippen LogP) is 2.78. The second-order valence-electron chi connectivity index (χ2n) is 5.98. The lowest BCUT2D eigenvalue weighted by Crippen LogP contribution is -2.41. The molecule has 1 unspecified atom stereocenters. The van der Waals surface area contributed by atoms with Gasteiger partial charge in [0.05, 0.1) is 5.69 Å². The number of hydrogen-bond donors (Lipinski definition) is 0. The number of aromatic nitrogens is 2. The highest BCUT2D eigenvalue weighted by Gasteiger charge is 2.28. The molecule has 0 spiro atoms. The second kappa shape index (κ2) is 6.30. The molecule has 0 aromatic carbocycles. The van der Waals surface area contributed by atoms with E-state index in [1.807, 2.05) is 30.2 Å². The maximum atomic E-state index is 12.7. The van der Waals surface area contributed by atoms with Crippen LogP contribution in [0.25, 0.3) is 0 Å². The summed E-state index contributed by atoms with van der Waals surface area (Å²) >= 11 is 0. The number of carbonyl (C=O) groups is 1. The zero-order valence-corrected chi connectivity index (χ0v) is 13.1. The number of amides is 1. The van der Waals surface area contributed by atoms with Crippen LogP contribution < -0.4 is 0 Å². The van der Waals surface area contributed by atoms with Gasteiger partial charge in [0.25, 0.3) is 5.91 Å². The average Bonchev–Trinajstić information content (AvgIpc) is 2.87. The van der Waals surface area contributed by atoms with E-state index in [1.54, 1.807) is 6.92 Å². The summed E-state index contributed by atoms with van der Waals surface area (Å²) in [5, 5.41) is 3.89. The fraction of sp³-hybridized carbons (Fsp3) is 0.471. The van der Waals surface area contributed by atoms with E-state index in [1.165, 1.54) is 0 Å². The minimum absolute atomic E-state index is 0.0435. The molecular formula is C17H21N3O2. The van der Waals surface area contributed by atoms with Gasteiger partial charge in [-0.3, -0.25) is 9.78 Å². The molecule has 5 nitrogen and oxygen atoms in total. The van der Waals surface area contributed by atoms with Crippen LogP contribution in [-0.2, 0) is 6.42 Å². The molecule has 1 atom stereocenters. The van der Waals surface area contributed by atoms with Gasteiger partial charge in [-0.05, 0) is 51.2 Å². The van der Waals surface area contributed by atoms with Crippen LogP contribution in [0, 0.1) is 19.8 Å². The van der Waals surface area contributed by atoms with Crippen LogP contribution in [0.3, 0.4) is 0 Å². The molecule has 3 rings (SSSR count). The van der Waals surface area contributed by atoms with Crippen molar-refractivity contribution in [1.29, 1.82) is 0 Å². The van der Waals surface area contributed by atoms with Crippen molar-refractivity contribution in [2.75, 3.05) is 13.1 Å². The van der Waals surface area contributed by atoms with Gasteiger partial charge in [0, 0.05) is 25.0 Å². The molecule has 1 saturated heterocycles. The van der Waals surface area contributed by atoms with Crippen LogP contribution in [0.5, 0.6) is 0 Å². The lowest BCUT2D eigenvalue weighted by atomic mass is 9.92. The molecule has 3 heterocycles. The Kier molecular flexibility index (Phi) is 4.22. The number of likely N-dealkylation sites (tertiary alicyclic amines) is 1. The average molecular weight is 299 g/mol. The Balaban J connectivity index is 1.69. The topological polar surface area (TPSA) is 59.2 Å². The zero-order chi connectivity index (χ0) is 15.5. The van der Waals surface area contributed by atoms with Gasteiger partial charge in [0.2, 0.25) is 0 Å². The van der Waals surface area contributed by atoms with E-state index in [4.69, 9.17) is 4.52 Å². The first kappa shape index (κ1) is 14.8. The lowest BCUT2D eigenvalue weighted by molar-refractivity contribution is 0.0670. The molecule has 1 amide bonds. The number of hydrogen-bond acceptors (Lipinski definition) is 4. The summed E-state index contributed by atoms with van der Waals surface area (Å²) < 4.78 is 5.12. The molecule has 0 N–H and O–H groups in total. The van der Waals surface area contributed by atoms with E-state index in [0.717, 1.165) is 38.0 Å². The van der Waals surface area contributed by atoms with Gasteiger partial charge in [-0.2, -0.15) is 0 Å². The molecule has 0 saturated carbocycles. The molecule has 1 aliphatic heterocycles. The maximum absolute atomic E-state index is 12.7. The molecule has 0 bridgehead atoms. The number of piperidine rings is 1. The number of pyridine rings is 1. The van der Waals surface area contributed by atoms with Crippen LogP contribution >= 0.6 is 0 Å². The first-order valence-electron chi connectivity index (χ1n) is 7.77. The van der Waals surface area contributed by atoms with Gasteiger partial charge in [-0.15, -0.1) is 0 Å². The molecule has 22 heavy (non-hydrogen) atoms. The molecule has 0 radical (unpaired) electrons. The lowest BCUT2D eigenvalue weighted by Gasteiger charge is -2.32. The minimum Gasteiger partial charge on any atom is -0.361 e. The van der Waals surface area contributed by atoms with Gasteiger partial charge >= 0.3 is 0 Å². The summed E-state index contributed by atoms with van der Waals surface area (Å²) in [5.41, 5.74) is 2.40. The fourth-order valence-corrected chi connectivity index (χ4v) is 3.18. The van der Waals surface area contributed by atoms with Gasteiger partial charge in [-0.25, -0.2) is 0 Å². The Hall–Kier alpha value is -2.17. The number of rotatable bonds is 3. The summed E-state index contributed by atoms with van der Waals surface area (Å²) in [6, 6.07) is 5.99. The van der Waals surface area contributed by atoms with Crippen LogP contribution in [0.15, 0.2) is 28.9 Å². The Morgan fingerprint density at radius 3 is 2.95 bits per heavy atom. The van der Waals surface area contributed by atoms with Crippen molar-refractivity contribution in [3.05, 3.63) is 47.1 Å². The smallest absolute Gasteiger partial charge is 0.259 e. The highest BCUT2D eigenvalue weighted by molar-refractivity contribution is 5.96. The van der Waals surface area contributed by atoms with E-state index in [9.17, 15) is 4.79 Å². The van der Waals surface area contributed by atoms with Crippen LogP contribution in [0.2, 0.25) is 0 Å². The summed E-state index contributed by atoms with van der Waals surface area (Å²) in [7, 11) is 0. The summed E-state index contributed by atoms with van der Waals surface area (Å²) in [5.74, 6) is 1.12. The SMILES string of the molecule is Cc1noc(C)c1C(=O)N1CCCC(Cc2ccccn2)C1. The van der Waals surface area contributed by atoms with Crippen molar-refractivity contribution < 1.29 is 9.32 Å². The Morgan fingerprint density at radius 1 is 1.41 bits per heavy atom. The molecule has 2 aromatic heterocycles. The normalized spacial score (nSPS) is 18.5. The van der Waals surface area contributed by atoms with Crippen molar-refractivity contribution in [3.63, 3.8) is 0 Å². The largest absolute Gasteiger partial charge is 0.361 e. The van der Waals surface area contributed by atoms with Crippen molar-refractivity contribution >= 4 is 5.91 Å². The van der Waals surface area contributed by atoms with Gasteiger partial charge in [0.1, 0.15) is 11.3 Å². The quantitative estimate of drug-likeness (QED) is 0.874. The first-order chi connectivity index (χ1) is 10.6. The van der Waals surface area contributed by atoms with Crippen molar-refractivity contribution in [1.82, 2.24) is 15.0 Å². The predicted molar refractivity (Wildman–Crippen MR) is 82.5 cm³/mol. The van der Waals surface area contributed by atoms with E-state index in [0.29, 0.717) is 22.9 Å². The second-order valence-corrected chi connectivity index (χ2v) is 5.98. The van der Waals surface area contributed by atoms with E-state index < -0.39 is 0 Å². The number of aryl methyl sites for hydroxylation is 2. The van der Waals surface area contributed by atoms with E-state index in [-0.39, 0.29) is 5.91 Å². The number of carbonyl (C=O) groups excluding carboxylic acids is 1.